The molecule has 2 aromatic carbocycles. The molecule has 32 heavy (non-hydrogen) atoms. The summed E-state index contributed by atoms with van der Waals surface area (Å²) in [5.41, 5.74) is 3.23. The number of benzene rings is 2. The normalized spacial score (nSPS) is 13.6. The van der Waals surface area contributed by atoms with Crippen molar-refractivity contribution in [2.24, 2.45) is 0 Å². The lowest BCUT2D eigenvalue weighted by Gasteiger charge is -2.36. The second kappa shape index (κ2) is 9.42. The van der Waals surface area contributed by atoms with E-state index in [9.17, 15) is 19.5 Å². The molecule has 2 aromatic rings. The maximum Gasteiger partial charge on any atom is 0.408 e. The molecule has 7 heteroatoms. The van der Waals surface area contributed by atoms with E-state index >= 15 is 0 Å². The number of hydrogen-bond acceptors (Lipinski definition) is 4. The fourth-order valence-corrected chi connectivity index (χ4v) is 4.29. The first-order valence-corrected chi connectivity index (χ1v) is 10.9. The van der Waals surface area contributed by atoms with E-state index in [1.54, 1.807) is 13.8 Å². The van der Waals surface area contributed by atoms with E-state index in [0.29, 0.717) is 12.8 Å². The SMILES string of the molecule is CCC(CC)(NC(=O)OCC1c2ccccc2-c2ccccc21)C(=O)N(C)[C@@H](C)C(=O)O. The molecule has 0 saturated carbocycles. The van der Waals surface area contributed by atoms with Gasteiger partial charge in [-0.2, -0.15) is 0 Å². The molecular weight excluding hydrogens is 408 g/mol. The third-order valence-electron chi connectivity index (χ3n) is 6.56. The van der Waals surface area contributed by atoms with Gasteiger partial charge in [0.1, 0.15) is 18.2 Å². The number of nitrogens with one attached hydrogen (secondary N) is 1. The van der Waals surface area contributed by atoms with Crippen LogP contribution in [0.4, 0.5) is 4.79 Å². The Balaban J connectivity index is 1.74. The van der Waals surface area contributed by atoms with Gasteiger partial charge in [0.05, 0.1) is 0 Å². The van der Waals surface area contributed by atoms with Crippen LogP contribution in [-0.2, 0) is 14.3 Å². The number of carboxylic acids is 1. The first-order valence-electron chi connectivity index (χ1n) is 10.9. The van der Waals surface area contributed by atoms with Gasteiger partial charge in [-0.1, -0.05) is 62.4 Å². The summed E-state index contributed by atoms with van der Waals surface area (Å²) >= 11 is 0. The summed E-state index contributed by atoms with van der Waals surface area (Å²) in [5.74, 6) is -1.65. The number of likely N-dealkylation sites (N-methyl/N-ethyl adjacent to an activating group) is 1. The Morgan fingerprint density at radius 2 is 1.53 bits per heavy atom. The van der Waals surface area contributed by atoms with Gasteiger partial charge in [-0.05, 0) is 42.0 Å². The van der Waals surface area contributed by atoms with Crippen LogP contribution in [0.5, 0.6) is 0 Å². The number of alkyl carbamates (subject to hydrolysis) is 1. The minimum absolute atomic E-state index is 0.0868. The van der Waals surface area contributed by atoms with E-state index in [4.69, 9.17) is 4.74 Å². The molecule has 3 rings (SSSR count). The number of aliphatic carboxylic acids is 1. The Labute approximate surface area is 188 Å². The van der Waals surface area contributed by atoms with Crippen LogP contribution in [0.25, 0.3) is 11.1 Å². The van der Waals surface area contributed by atoms with Crippen molar-refractivity contribution >= 4 is 18.0 Å². The molecule has 1 aliphatic carbocycles. The number of carbonyl (C=O) groups excluding carboxylic acids is 2. The molecule has 0 spiro atoms. The van der Waals surface area contributed by atoms with Crippen LogP contribution in [0, 0.1) is 0 Å². The maximum absolute atomic E-state index is 13.1. The van der Waals surface area contributed by atoms with E-state index in [1.807, 2.05) is 36.4 Å². The second-order valence-corrected chi connectivity index (χ2v) is 8.17. The van der Waals surface area contributed by atoms with Crippen molar-refractivity contribution in [1.29, 1.82) is 0 Å². The highest BCUT2D eigenvalue weighted by molar-refractivity contribution is 5.92. The summed E-state index contributed by atoms with van der Waals surface area (Å²) in [6.07, 6.45) is -0.0767. The van der Waals surface area contributed by atoms with Gasteiger partial charge in [0, 0.05) is 13.0 Å². The van der Waals surface area contributed by atoms with Crippen LogP contribution < -0.4 is 5.32 Å². The number of nitrogens with zero attached hydrogens (tertiary/aromatic N) is 1. The summed E-state index contributed by atoms with van der Waals surface area (Å²) < 4.78 is 5.60. The van der Waals surface area contributed by atoms with Crippen molar-refractivity contribution in [2.45, 2.75) is 51.1 Å². The number of hydrogen-bond donors (Lipinski definition) is 2. The van der Waals surface area contributed by atoms with Crippen LogP contribution in [0.15, 0.2) is 48.5 Å². The fraction of sp³-hybridized carbons (Fsp3) is 0.400. The highest BCUT2D eigenvalue weighted by atomic mass is 16.5. The zero-order valence-electron chi connectivity index (χ0n) is 18.9. The molecule has 2 amide bonds. The average Bonchev–Trinajstić information content (AvgIpc) is 3.13. The third kappa shape index (κ3) is 4.20. The summed E-state index contributed by atoms with van der Waals surface area (Å²) in [6.45, 7) is 5.14. The maximum atomic E-state index is 13.1. The Morgan fingerprint density at radius 3 is 2.00 bits per heavy atom. The Morgan fingerprint density at radius 1 is 1.03 bits per heavy atom. The molecule has 0 heterocycles. The average molecular weight is 439 g/mol. The predicted octanol–water partition coefficient (Wildman–Crippen LogP) is 4.02. The lowest BCUT2D eigenvalue weighted by Crippen LogP contribution is -2.60. The highest BCUT2D eigenvalue weighted by Crippen LogP contribution is 2.44. The monoisotopic (exact) mass is 438 g/mol. The van der Waals surface area contributed by atoms with E-state index in [2.05, 4.69) is 17.4 Å². The van der Waals surface area contributed by atoms with Crippen molar-refractivity contribution in [1.82, 2.24) is 10.2 Å². The van der Waals surface area contributed by atoms with Crippen LogP contribution in [-0.4, -0.2) is 53.2 Å². The quantitative estimate of drug-likeness (QED) is 0.649. The number of carbonyl (C=O) groups is 3. The number of rotatable bonds is 8. The van der Waals surface area contributed by atoms with Gasteiger partial charge in [-0.3, -0.25) is 4.79 Å². The first-order chi connectivity index (χ1) is 15.3. The summed E-state index contributed by atoms with van der Waals surface area (Å²) in [6, 6.07) is 15.1. The molecule has 2 N–H and O–H groups in total. The number of ether oxygens (including phenoxy) is 1. The lowest BCUT2D eigenvalue weighted by molar-refractivity contribution is -0.151. The van der Waals surface area contributed by atoms with E-state index in [-0.39, 0.29) is 12.5 Å². The molecule has 7 nitrogen and oxygen atoms in total. The van der Waals surface area contributed by atoms with E-state index in [0.717, 1.165) is 27.2 Å². The molecule has 0 aromatic heterocycles. The smallest absolute Gasteiger partial charge is 0.408 e. The van der Waals surface area contributed by atoms with Crippen LogP contribution in [0.1, 0.15) is 50.7 Å². The zero-order chi connectivity index (χ0) is 23.5. The Hall–Kier alpha value is -3.35. The zero-order valence-corrected chi connectivity index (χ0v) is 18.9. The third-order valence-corrected chi connectivity index (χ3v) is 6.56. The largest absolute Gasteiger partial charge is 0.480 e. The van der Waals surface area contributed by atoms with Crippen LogP contribution in [0.2, 0.25) is 0 Å². The standard InChI is InChI=1S/C25H30N2O5/c1-5-25(6-2,23(30)27(4)16(3)22(28)29)26-24(31)32-15-21-19-13-9-7-11-17(19)18-12-8-10-14-20(18)21/h7-14,16,21H,5-6,15H2,1-4H3,(H,26,31)(H,28,29)/t16-/m0/s1. The molecule has 0 saturated heterocycles. The van der Waals surface area contributed by atoms with E-state index in [1.165, 1.54) is 14.0 Å². The van der Waals surface area contributed by atoms with Gasteiger partial charge in [-0.15, -0.1) is 0 Å². The fourth-order valence-electron chi connectivity index (χ4n) is 4.29. The second-order valence-electron chi connectivity index (χ2n) is 8.17. The molecule has 0 radical (unpaired) electrons. The first kappa shape index (κ1) is 23.3. The van der Waals surface area contributed by atoms with Crippen molar-refractivity contribution in [3.05, 3.63) is 59.7 Å². The minimum Gasteiger partial charge on any atom is -0.480 e. The van der Waals surface area contributed by atoms with Gasteiger partial charge in [0.15, 0.2) is 0 Å². The Kier molecular flexibility index (Phi) is 6.87. The van der Waals surface area contributed by atoms with Gasteiger partial charge in [0.2, 0.25) is 5.91 Å². The molecule has 0 aliphatic heterocycles. The van der Waals surface area contributed by atoms with Gasteiger partial charge in [0.25, 0.3) is 0 Å². The number of fused-ring (bicyclic) bond motifs is 3. The molecule has 0 fully saturated rings. The number of carboxylic acid groups (broad SMARTS) is 1. The molecule has 0 unspecified atom stereocenters. The van der Waals surface area contributed by atoms with Crippen molar-refractivity contribution in [3.63, 3.8) is 0 Å². The minimum atomic E-state index is -1.24. The van der Waals surface area contributed by atoms with Gasteiger partial charge in [-0.25, -0.2) is 9.59 Å². The van der Waals surface area contributed by atoms with Crippen molar-refractivity contribution < 1.29 is 24.2 Å². The van der Waals surface area contributed by atoms with Crippen LogP contribution >= 0.6 is 0 Å². The molecule has 170 valence electrons. The topological polar surface area (TPSA) is 95.9 Å². The molecule has 1 aliphatic rings. The number of amides is 2. The van der Waals surface area contributed by atoms with Gasteiger partial charge < -0.3 is 20.1 Å². The molecular formula is C25H30N2O5. The van der Waals surface area contributed by atoms with E-state index < -0.39 is 29.6 Å². The summed E-state index contributed by atoms with van der Waals surface area (Å²) in [7, 11) is 1.43. The summed E-state index contributed by atoms with van der Waals surface area (Å²) in [5, 5.41) is 12.0. The van der Waals surface area contributed by atoms with Crippen molar-refractivity contribution in [3.8, 4) is 11.1 Å². The Bertz CT molecular complexity index is 969. The molecule has 0 bridgehead atoms. The van der Waals surface area contributed by atoms with Crippen LogP contribution in [0.3, 0.4) is 0 Å². The van der Waals surface area contributed by atoms with Crippen molar-refractivity contribution in [2.75, 3.05) is 13.7 Å². The molecule has 1 atom stereocenters. The summed E-state index contributed by atoms with van der Waals surface area (Å²) in [4.78, 5) is 38.3. The predicted molar refractivity (Wildman–Crippen MR) is 121 cm³/mol. The van der Waals surface area contributed by atoms with Gasteiger partial charge >= 0.3 is 12.1 Å². The lowest BCUT2D eigenvalue weighted by atomic mass is 9.90. The highest BCUT2D eigenvalue weighted by Gasteiger charge is 2.41.